The number of carbonyl (C=O) groups excluding carboxylic acids is 1. The Morgan fingerprint density at radius 3 is 2.83 bits per heavy atom. The molecule has 0 aromatic carbocycles. The first-order chi connectivity index (χ1) is 11.7. The first kappa shape index (κ1) is 15.2. The number of pyridine rings is 1. The molecule has 2 aromatic rings. The van der Waals surface area contributed by atoms with Crippen LogP contribution in [-0.2, 0) is 16.0 Å². The van der Waals surface area contributed by atoms with Gasteiger partial charge in [-0.05, 0) is 38.3 Å². The SMILES string of the molecule is Cc1nc(-c2ccncc2)nc2c1CCC(=O)N2C[C@@H]1CCCO1. The Bertz CT molecular complexity index is 757. The molecule has 0 aliphatic carbocycles. The van der Waals surface area contributed by atoms with Crippen LogP contribution in [0.4, 0.5) is 5.82 Å². The zero-order valence-corrected chi connectivity index (χ0v) is 13.7. The van der Waals surface area contributed by atoms with Gasteiger partial charge in [-0.3, -0.25) is 14.7 Å². The van der Waals surface area contributed by atoms with E-state index in [1.165, 1.54) is 0 Å². The molecule has 6 nitrogen and oxygen atoms in total. The molecule has 24 heavy (non-hydrogen) atoms. The number of amides is 1. The largest absolute Gasteiger partial charge is 0.376 e. The molecule has 0 unspecified atom stereocenters. The lowest BCUT2D eigenvalue weighted by atomic mass is 10.0. The van der Waals surface area contributed by atoms with E-state index in [2.05, 4.69) is 9.97 Å². The number of carbonyl (C=O) groups is 1. The molecule has 0 spiro atoms. The summed E-state index contributed by atoms with van der Waals surface area (Å²) in [5.41, 5.74) is 2.92. The van der Waals surface area contributed by atoms with Crippen LogP contribution in [0.5, 0.6) is 0 Å². The van der Waals surface area contributed by atoms with E-state index < -0.39 is 0 Å². The van der Waals surface area contributed by atoms with Gasteiger partial charge in [-0.1, -0.05) is 0 Å². The fraction of sp³-hybridized carbons (Fsp3) is 0.444. The van der Waals surface area contributed by atoms with Crippen LogP contribution in [0.2, 0.25) is 0 Å². The van der Waals surface area contributed by atoms with Crippen molar-refractivity contribution in [3.05, 3.63) is 35.8 Å². The molecule has 0 bridgehead atoms. The first-order valence-corrected chi connectivity index (χ1v) is 8.42. The maximum atomic E-state index is 12.5. The Morgan fingerprint density at radius 2 is 2.08 bits per heavy atom. The Hall–Kier alpha value is -2.34. The predicted molar refractivity (Wildman–Crippen MR) is 89.6 cm³/mol. The highest BCUT2D eigenvalue weighted by Crippen LogP contribution is 2.31. The number of fused-ring (bicyclic) bond motifs is 1. The molecule has 4 heterocycles. The molecule has 0 radical (unpaired) electrons. The number of hydrogen-bond donors (Lipinski definition) is 0. The molecule has 4 rings (SSSR count). The maximum absolute atomic E-state index is 12.5. The molecular formula is C18H20N4O2. The van der Waals surface area contributed by atoms with Crippen LogP contribution in [0.25, 0.3) is 11.4 Å². The summed E-state index contributed by atoms with van der Waals surface area (Å²) in [5.74, 6) is 1.51. The van der Waals surface area contributed by atoms with Gasteiger partial charge in [0.1, 0.15) is 5.82 Å². The molecule has 1 saturated heterocycles. The van der Waals surface area contributed by atoms with Crippen molar-refractivity contribution in [1.82, 2.24) is 15.0 Å². The Balaban J connectivity index is 1.74. The molecule has 2 aliphatic rings. The summed E-state index contributed by atoms with van der Waals surface area (Å²) in [7, 11) is 0. The highest BCUT2D eigenvalue weighted by atomic mass is 16.5. The van der Waals surface area contributed by atoms with Gasteiger partial charge in [0.25, 0.3) is 0 Å². The molecule has 0 saturated carbocycles. The number of hydrogen-bond acceptors (Lipinski definition) is 5. The number of anilines is 1. The molecule has 2 aromatic heterocycles. The molecule has 2 aliphatic heterocycles. The molecule has 1 atom stereocenters. The second kappa shape index (κ2) is 6.28. The van der Waals surface area contributed by atoms with Gasteiger partial charge in [0.05, 0.1) is 12.6 Å². The van der Waals surface area contributed by atoms with Crippen molar-refractivity contribution >= 4 is 11.7 Å². The summed E-state index contributed by atoms with van der Waals surface area (Å²) >= 11 is 0. The smallest absolute Gasteiger partial charge is 0.228 e. The second-order valence-corrected chi connectivity index (χ2v) is 6.31. The standard InChI is InChI=1S/C18H20N4O2/c1-12-15-4-5-16(23)22(11-14-3-2-10-24-14)18(15)21-17(20-12)13-6-8-19-9-7-13/h6-9,14H,2-5,10-11H2,1H3/t14-/m0/s1. The third-order valence-electron chi connectivity index (χ3n) is 4.69. The number of rotatable bonds is 3. The summed E-state index contributed by atoms with van der Waals surface area (Å²) in [4.78, 5) is 27.7. The fourth-order valence-electron chi connectivity index (χ4n) is 3.39. The highest BCUT2D eigenvalue weighted by Gasteiger charge is 2.31. The van der Waals surface area contributed by atoms with E-state index in [0.29, 0.717) is 25.2 Å². The van der Waals surface area contributed by atoms with Gasteiger partial charge in [0.2, 0.25) is 5.91 Å². The summed E-state index contributed by atoms with van der Waals surface area (Å²) in [6.45, 7) is 3.36. The second-order valence-electron chi connectivity index (χ2n) is 6.31. The molecule has 124 valence electrons. The van der Waals surface area contributed by atoms with E-state index in [1.54, 1.807) is 17.3 Å². The molecular weight excluding hydrogens is 304 g/mol. The van der Waals surface area contributed by atoms with Crippen molar-refractivity contribution in [2.24, 2.45) is 0 Å². The Morgan fingerprint density at radius 1 is 1.25 bits per heavy atom. The van der Waals surface area contributed by atoms with Gasteiger partial charge in [0, 0.05) is 42.2 Å². The number of nitrogens with zero attached hydrogens (tertiary/aromatic N) is 4. The first-order valence-electron chi connectivity index (χ1n) is 8.42. The summed E-state index contributed by atoms with van der Waals surface area (Å²) in [6, 6.07) is 3.77. The van der Waals surface area contributed by atoms with Gasteiger partial charge >= 0.3 is 0 Å². The number of aromatic nitrogens is 3. The van der Waals surface area contributed by atoms with Crippen molar-refractivity contribution in [3.63, 3.8) is 0 Å². The van der Waals surface area contributed by atoms with E-state index in [1.807, 2.05) is 19.1 Å². The van der Waals surface area contributed by atoms with E-state index >= 15 is 0 Å². The van der Waals surface area contributed by atoms with Crippen molar-refractivity contribution in [2.75, 3.05) is 18.1 Å². The number of ether oxygens (including phenoxy) is 1. The zero-order valence-electron chi connectivity index (χ0n) is 13.7. The maximum Gasteiger partial charge on any atom is 0.228 e. The van der Waals surface area contributed by atoms with E-state index in [4.69, 9.17) is 9.72 Å². The minimum Gasteiger partial charge on any atom is -0.376 e. The van der Waals surface area contributed by atoms with Crippen LogP contribution in [-0.4, -0.2) is 40.1 Å². The fourth-order valence-corrected chi connectivity index (χ4v) is 3.39. The molecule has 0 N–H and O–H groups in total. The van der Waals surface area contributed by atoms with E-state index in [9.17, 15) is 4.79 Å². The molecule has 1 amide bonds. The van der Waals surface area contributed by atoms with Crippen LogP contribution in [0.15, 0.2) is 24.5 Å². The van der Waals surface area contributed by atoms with Crippen molar-refractivity contribution < 1.29 is 9.53 Å². The highest BCUT2D eigenvalue weighted by molar-refractivity contribution is 5.95. The third kappa shape index (κ3) is 2.78. The lowest BCUT2D eigenvalue weighted by molar-refractivity contribution is -0.119. The summed E-state index contributed by atoms with van der Waals surface area (Å²) in [6.07, 6.45) is 6.84. The average Bonchev–Trinajstić information content (AvgIpc) is 3.11. The Kier molecular flexibility index (Phi) is 3.98. The van der Waals surface area contributed by atoms with Crippen molar-refractivity contribution in [3.8, 4) is 11.4 Å². The predicted octanol–water partition coefficient (Wildman–Crippen LogP) is 2.31. The summed E-state index contributed by atoms with van der Waals surface area (Å²) in [5, 5.41) is 0. The van der Waals surface area contributed by atoms with Crippen molar-refractivity contribution in [1.29, 1.82) is 0 Å². The van der Waals surface area contributed by atoms with E-state index in [-0.39, 0.29) is 12.0 Å². The van der Waals surface area contributed by atoms with Crippen LogP contribution < -0.4 is 4.90 Å². The van der Waals surface area contributed by atoms with Crippen LogP contribution in [0, 0.1) is 6.92 Å². The minimum atomic E-state index is 0.111. The topological polar surface area (TPSA) is 68.2 Å². The quantitative estimate of drug-likeness (QED) is 0.866. The number of aryl methyl sites for hydroxylation is 1. The van der Waals surface area contributed by atoms with E-state index in [0.717, 1.165) is 42.1 Å². The normalized spacial score (nSPS) is 20.3. The van der Waals surface area contributed by atoms with Crippen LogP contribution in [0.1, 0.15) is 30.5 Å². The zero-order chi connectivity index (χ0) is 16.5. The van der Waals surface area contributed by atoms with Gasteiger partial charge < -0.3 is 4.74 Å². The molecule has 6 heteroatoms. The van der Waals surface area contributed by atoms with Crippen LogP contribution in [0.3, 0.4) is 0 Å². The Labute approximate surface area is 140 Å². The average molecular weight is 324 g/mol. The van der Waals surface area contributed by atoms with Crippen molar-refractivity contribution in [2.45, 2.75) is 38.7 Å². The van der Waals surface area contributed by atoms with Gasteiger partial charge in [-0.15, -0.1) is 0 Å². The monoisotopic (exact) mass is 324 g/mol. The third-order valence-corrected chi connectivity index (χ3v) is 4.69. The lowest BCUT2D eigenvalue weighted by Gasteiger charge is -2.31. The van der Waals surface area contributed by atoms with Gasteiger partial charge in [-0.25, -0.2) is 9.97 Å². The van der Waals surface area contributed by atoms with Gasteiger partial charge in [-0.2, -0.15) is 0 Å². The minimum absolute atomic E-state index is 0.111. The lowest BCUT2D eigenvalue weighted by Crippen LogP contribution is -2.41. The molecule has 1 fully saturated rings. The van der Waals surface area contributed by atoms with Gasteiger partial charge in [0.15, 0.2) is 5.82 Å². The summed E-state index contributed by atoms with van der Waals surface area (Å²) < 4.78 is 5.72. The van der Waals surface area contributed by atoms with Crippen LogP contribution >= 0.6 is 0 Å².